The van der Waals surface area contributed by atoms with Gasteiger partial charge in [0.05, 0.1) is 15.8 Å². The first-order valence-electron chi connectivity index (χ1n) is 4.98. The van der Waals surface area contributed by atoms with Crippen molar-refractivity contribution in [2.45, 2.75) is 0 Å². The van der Waals surface area contributed by atoms with E-state index in [4.69, 9.17) is 0 Å². The predicted octanol–water partition coefficient (Wildman–Crippen LogP) is 3.67. The zero-order valence-electron chi connectivity index (χ0n) is 8.80. The molecule has 0 aliphatic carbocycles. The van der Waals surface area contributed by atoms with Crippen molar-refractivity contribution < 1.29 is 25.5 Å². The molecule has 4 heteroatoms. The first-order chi connectivity index (χ1) is 7.84. The van der Waals surface area contributed by atoms with Crippen LogP contribution in [0.4, 0.5) is 0 Å². The Morgan fingerprint density at radius 2 is 1.65 bits per heavy atom. The van der Waals surface area contributed by atoms with Gasteiger partial charge in [0.25, 0.3) is 0 Å². The van der Waals surface area contributed by atoms with Gasteiger partial charge in [0.2, 0.25) is 0 Å². The second-order valence-electron chi connectivity index (χ2n) is 3.50. The van der Waals surface area contributed by atoms with Crippen LogP contribution in [0.15, 0.2) is 48.5 Å². The summed E-state index contributed by atoms with van der Waals surface area (Å²) in [6, 6.07) is 15.3. The SMILES string of the molecule is Oc1ccccc1-c1nc2ccccc2s1.[Re]. The Labute approximate surface area is 117 Å². The van der Waals surface area contributed by atoms with Crippen molar-refractivity contribution in [1.82, 2.24) is 4.98 Å². The van der Waals surface area contributed by atoms with Gasteiger partial charge in [0, 0.05) is 20.4 Å². The average Bonchev–Trinajstić information content (AvgIpc) is 2.73. The Morgan fingerprint density at radius 3 is 2.41 bits per heavy atom. The zero-order chi connectivity index (χ0) is 11.0. The van der Waals surface area contributed by atoms with E-state index in [1.807, 2.05) is 42.5 Å². The molecule has 0 saturated carbocycles. The van der Waals surface area contributed by atoms with E-state index in [2.05, 4.69) is 4.98 Å². The third kappa shape index (κ3) is 2.25. The standard InChI is InChI=1S/C13H9NOS.Re/c15-11-7-3-1-5-9(11)13-14-10-6-2-4-8-12(10)16-13;/h1-8,15H;. The Bertz CT molecular complexity index is 617. The Hall–Kier alpha value is -1.21. The van der Waals surface area contributed by atoms with Gasteiger partial charge in [-0.05, 0) is 24.3 Å². The summed E-state index contributed by atoms with van der Waals surface area (Å²) in [6.07, 6.45) is 0. The molecule has 1 aromatic heterocycles. The van der Waals surface area contributed by atoms with Crippen molar-refractivity contribution >= 4 is 21.6 Å². The molecule has 3 aromatic rings. The summed E-state index contributed by atoms with van der Waals surface area (Å²) >= 11 is 1.59. The Balaban J connectivity index is 0.00000108. The van der Waals surface area contributed by atoms with Crippen LogP contribution in [0.1, 0.15) is 0 Å². The van der Waals surface area contributed by atoms with Crippen molar-refractivity contribution in [2.24, 2.45) is 0 Å². The molecule has 0 fully saturated rings. The van der Waals surface area contributed by atoms with Gasteiger partial charge in [-0.15, -0.1) is 11.3 Å². The van der Waals surface area contributed by atoms with E-state index < -0.39 is 0 Å². The van der Waals surface area contributed by atoms with E-state index in [9.17, 15) is 5.11 Å². The second-order valence-corrected chi connectivity index (χ2v) is 4.53. The molecule has 1 heterocycles. The van der Waals surface area contributed by atoms with Crippen LogP contribution in [0.2, 0.25) is 0 Å². The summed E-state index contributed by atoms with van der Waals surface area (Å²) in [6.45, 7) is 0. The molecule has 0 amide bonds. The quantitative estimate of drug-likeness (QED) is 0.661. The molecule has 1 N–H and O–H groups in total. The van der Waals surface area contributed by atoms with Crippen LogP contribution in [0.5, 0.6) is 5.75 Å². The maximum Gasteiger partial charge on any atom is 0.128 e. The van der Waals surface area contributed by atoms with Gasteiger partial charge in [-0.25, -0.2) is 4.98 Å². The first-order valence-corrected chi connectivity index (χ1v) is 5.80. The van der Waals surface area contributed by atoms with Gasteiger partial charge in [0.1, 0.15) is 10.8 Å². The number of para-hydroxylation sites is 2. The van der Waals surface area contributed by atoms with Crippen LogP contribution in [-0.2, 0) is 20.4 Å². The minimum atomic E-state index is 0. The van der Waals surface area contributed by atoms with Gasteiger partial charge in [-0.1, -0.05) is 24.3 Å². The molecule has 2 nitrogen and oxygen atoms in total. The maximum atomic E-state index is 9.76. The Morgan fingerprint density at radius 1 is 0.941 bits per heavy atom. The number of nitrogens with zero attached hydrogens (tertiary/aromatic N) is 1. The van der Waals surface area contributed by atoms with Gasteiger partial charge in [0.15, 0.2) is 0 Å². The summed E-state index contributed by atoms with van der Waals surface area (Å²) < 4.78 is 1.14. The molecule has 0 bridgehead atoms. The normalized spacial score (nSPS) is 10.1. The van der Waals surface area contributed by atoms with E-state index in [1.54, 1.807) is 17.4 Å². The fourth-order valence-electron chi connectivity index (χ4n) is 1.64. The monoisotopic (exact) mass is 414 g/mol. The molecule has 0 aliphatic heterocycles. The molecule has 2 aromatic carbocycles. The largest absolute Gasteiger partial charge is 0.507 e. The number of aromatic nitrogens is 1. The minimum Gasteiger partial charge on any atom is -0.507 e. The molecule has 85 valence electrons. The number of fused-ring (bicyclic) bond motifs is 1. The Kier molecular flexibility index (Phi) is 3.58. The first kappa shape index (κ1) is 12.3. The fourth-order valence-corrected chi connectivity index (χ4v) is 2.64. The number of hydrogen-bond acceptors (Lipinski definition) is 3. The summed E-state index contributed by atoms with van der Waals surface area (Å²) in [5.41, 5.74) is 1.77. The van der Waals surface area contributed by atoms with E-state index in [-0.39, 0.29) is 26.2 Å². The molecule has 0 unspecified atom stereocenters. The number of benzene rings is 2. The number of aromatic hydroxyl groups is 1. The van der Waals surface area contributed by atoms with Crippen molar-refractivity contribution in [3.63, 3.8) is 0 Å². The van der Waals surface area contributed by atoms with E-state index >= 15 is 0 Å². The van der Waals surface area contributed by atoms with Crippen LogP contribution < -0.4 is 0 Å². The van der Waals surface area contributed by atoms with Gasteiger partial charge < -0.3 is 5.11 Å². The average molecular weight is 413 g/mol. The topological polar surface area (TPSA) is 33.1 Å². The van der Waals surface area contributed by atoms with Crippen molar-refractivity contribution in [2.75, 3.05) is 0 Å². The smallest absolute Gasteiger partial charge is 0.128 e. The summed E-state index contributed by atoms with van der Waals surface area (Å²) in [4.78, 5) is 4.50. The second kappa shape index (κ2) is 4.97. The molecular formula is C13H9NOReS. The maximum absolute atomic E-state index is 9.76. The minimum absolute atomic E-state index is 0. The van der Waals surface area contributed by atoms with Gasteiger partial charge in [-0.2, -0.15) is 0 Å². The molecule has 0 spiro atoms. The molecule has 0 saturated heterocycles. The third-order valence-corrected chi connectivity index (χ3v) is 3.50. The number of hydrogen-bond donors (Lipinski definition) is 1. The number of rotatable bonds is 1. The number of phenols is 1. The van der Waals surface area contributed by atoms with Crippen molar-refractivity contribution in [3.8, 4) is 16.3 Å². The zero-order valence-corrected chi connectivity index (χ0v) is 12.3. The van der Waals surface area contributed by atoms with Crippen LogP contribution in [0.3, 0.4) is 0 Å². The number of thiazole rings is 1. The predicted molar refractivity (Wildman–Crippen MR) is 66.7 cm³/mol. The molecule has 17 heavy (non-hydrogen) atoms. The molecule has 0 atom stereocenters. The fraction of sp³-hybridized carbons (Fsp3) is 0. The van der Waals surface area contributed by atoms with Crippen molar-refractivity contribution in [3.05, 3.63) is 48.5 Å². The molecule has 3 rings (SSSR count). The number of phenolic OH excluding ortho intramolecular Hbond substituents is 1. The molecule has 1 radical (unpaired) electrons. The van der Waals surface area contributed by atoms with Crippen LogP contribution in [0, 0.1) is 0 Å². The van der Waals surface area contributed by atoms with Crippen LogP contribution in [0.25, 0.3) is 20.8 Å². The van der Waals surface area contributed by atoms with Gasteiger partial charge >= 0.3 is 0 Å². The summed E-state index contributed by atoms with van der Waals surface area (Å²) in [5.74, 6) is 0.279. The molecule has 0 aliphatic rings. The van der Waals surface area contributed by atoms with E-state index in [0.29, 0.717) is 0 Å². The summed E-state index contributed by atoms with van der Waals surface area (Å²) in [5, 5.41) is 10.6. The van der Waals surface area contributed by atoms with Crippen molar-refractivity contribution in [1.29, 1.82) is 0 Å². The van der Waals surface area contributed by atoms with E-state index in [0.717, 1.165) is 20.8 Å². The van der Waals surface area contributed by atoms with Crippen LogP contribution >= 0.6 is 11.3 Å². The molecular weight excluding hydrogens is 404 g/mol. The third-order valence-electron chi connectivity index (χ3n) is 2.43. The van der Waals surface area contributed by atoms with Crippen LogP contribution in [-0.4, -0.2) is 10.1 Å². The summed E-state index contributed by atoms with van der Waals surface area (Å²) in [7, 11) is 0. The van der Waals surface area contributed by atoms with E-state index in [1.165, 1.54) is 0 Å². The van der Waals surface area contributed by atoms with Gasteiger partial charge in [-0.3, -0.25) is 0 Å².